The highest BCUT2D eigenvalue weighted by Gasteiger charge is 2.09. The molecule has 86 valence electrons. The summed E-state index contributed by atoms with van der Waals surface area (Å²) in [4.78, 5) is 11.5. The van der Waals surface area contributed by atoms with Crippen LogP contribution in [0.1, 0.15) is 5.56 Å². The molecule has 1 N–H and O–H groups in total. The normalized spacial score (nSPS) is 21.5. The first-order valence-electron chi connectivity index (χ1n) is 5.30. The zero-order chi connectivity index (χ0) is 12.1. The van der Waals surface area contributed by atoms with Crippen molar-refractivity contribution >= 4 is 11.6 Å². The predicted octanol–water partition coefficient (Wildman–Crippen LogP) is 2.28. The summed E-state index contributed by atoms with van der Waals surface area (Å²) >= 11 is 0. The molecule has 0 aromatic heterocycles. The van der Waals surface area contributed by atoms with Gasteiger partial charge in [-0.2, -0.15) is 0 Å². The Morgan fingerprint density at radius 1 is 1.12 bits per heavy atom. The van der Waals surface area contributed by atoms with Crippen LogP contribution in [0.25, 0.3) is 5.70 Å². The highest BCUT2D eigenvalue weighted by molar-refractivity contribution is 5.95. The Morgan fingerprint density at radius 2 is 1.94 bits per heavy atom. The van der Waals surface area contributed by atoms with Crippen molar-refractivity contribution in [1.29, 1.82) is 0 Å². The van der Waals surface area contributed by atoms with Crippen molar-refractivity contribution in [3.8, 4) is 5.75 Å². The van der Waals surface area contributed by atoms with Gasteiger partial charge in [0.1, 0.15) is 5.75 Å². The van der Waals surface area contributed by atoms with Crippen molar-refractivity contribution in [3.63, 3.8) is 0 Å². The molecular formula is C14H13NO2. The lowest BCUT2D eigenvalue weighted by molar-refractivity contribution is -0.115. The van der Waals surface area contributed by atoms with Gasteiger partial charge in [-0.15, -0.1) is 0 Å². The van der Waals surface area contributed by atoms with Crippen LogP contribution in [0.2, 0.25) is 0 Å². The molecule has 1 heterocycles. The Labute approximate surface area is 100 Å². The fourth-order valence-electron chi connectivity index (χ4n) is 1.60. The van der Waals surface area contributed by atoms with Gasteiger partial charge in [0.05, 0.1) is 12.8 Å². The van der Waals surface area contributed by atoms with Crippen LogP contribution in [-0.4, -0.2) is 13.0 Å². The van der Waals surface area contributed by atoms with Crippen LogP contribution in [0.15, 0.2) is 54.6 Å². The average molecular weight is 227 g/mol. The summed E-state index contributed by atoms with van der Waals surface area (Å²) < 4.78 is 5.27. The molecule has 0 fully saturated rings. The number of ether oxygens (including phenoxy) is 1. The van der Waals surface area contributed by atoms with Gasteiger partial charge >= 0.3 is 0 Å². The van der Waals surface area contributed by atoms with E-state index < -0.39 is 0 Å². The van der Waals surface area contributed by atoms with Crippen LogP contribution >= 0.6 is 0 Å². The first kappa shape index (κ1) is 11.2. The quantitative estimate of drug-likeness (QED) is 0.841. The molecule has 1 aliphatic rings. The maximum Gasteiger partial charge on any atom is 0.248 e. The molecule has 1 amide bonds. The van der Waals surface area contributed by atoms with Gasteiger partial charge in [0.15, 0.2) is 0 Å². The fourth-order valence-corrected chi connectivity index (χ4v) is 1.60. The third kappa shape index (κ3) is 2.64. The van der Waals surface area contributed by atoms with Gasteiger partial charge in [-0.25, -0.2) is 0 Å². The van der Waals surface area contributed by atoms with Crippen LogP contribution in [0, 0.1) is 0 Å². The number of rotatable bonds is 2. The maximum absolute atomic E-state index is 11.5. The molecule has 3 heteroatoms. The number of para-hydroxylation sites is 1. The molecule has 0 spiro atoms. The van der Waals surface area contributed by atoms with E-state index in [4.69, 9.17) is 4.74 Å². The summed E-state index contributed by atoms with van der Waals surface area (Å²) in [6.07, 6.45) is 8.72. The first-order chi connectivity index (χ1) is 8.31. The van der Waals surface area contributed by atoms with E-state index in [0.717, 1.165) is 17.0 Å². The average Bonchev–Trinajstić information content (AvgIpc) is 2.33. The van der Waals surface area contributed by atoms with Crippen LogP contribution < -0.4 is 10.1 Å². The number of hydrogen-bond donors (Lipinski definition) is 1. The molecule has 1 aromatic rings. The second-order valence-electron chi connectivity index (χ2n) is 3.51. The predicted molar refractivity (Wildman–Crippen MR) is 67.4 cm³/mol. The van der Waals surface area contributed by atoms with Gasteiger partial charge in [0.2, 0.25) is 5.91 Å². The number of amides is 1. The van der Waals surface area contributed by atoms with Gasteiger partial charge in [0.25, 0.3) is 0 Å². The number of nitrogens with one attached hydrogen (secondary N) is 1. The second kappa shape index (κ2) is 5.16. The molecule has 1 aliphatic heterocycles. The van der Waals surface area contributed by atoms with E-state index in [2.05, 4.69) is 5.32 Å². The van der Waals surface area contributed by atoms with Crippen LogP contribution in [0.4, 0.5) is 0 Å². The van der Waals surface area contributed by atoms with Gasteiger partial charge < -0.3 is 10.1 Å². The third-order valence-electron chi connectivity index (χ3n) is 2.39. The smallest absolute Gasteiger partial charge is 0.248 e. The van der Waals surface area contributed by atoms with E-state index in [1.54, 1.807) is 13.2 Å². The summed E-state index contributed by atoms with van der Waals surface area (Å²) in [5, 5.41) is 2.81. The van der Waals surface area contributed by atoms with Crippen LogP contribution in [0.5, 0.6) is 5.75 Å². The van der Waals surface area contributed by atoms with E-state index in [0.29, 0.717) is 0 Å². The van der Waals surface area contributed by atoms with Crippen LogP contribution in [0.3, 0.4) is 0 Å². The lowest BCUT2D eigenvalue weighted by Gasteiger charge is -2.12. The first-order valence-corrected chi connectivity index (χ1v) is 5.30. The van der Waals surface area contributed by atoms with Crippen molar-refractivity contribution in [2.24, 2.45) is 0 Å². The molecule has 1 aromatic carbocycles. The van der Waals surface area contributed by atoms with Gasteiger partial charge in [-0.05, 0) is 18.2 Å². The summed E-state index contributed by atoms with van der Waals surface area (Å²) in [5.41, 5.74) is 1.59. The Kier molecular flexibility index (Phi) is 3.40. The minimum atomic E-state index is -0.147. The van der Waals surface area contributed by atoms with E-state index in [1.165, 1.54) is 6.08 Å². The van der Waals surface area contributed by atoms with Crippen LogP contribution in [-0.2, 0) is 4.79 Å². The molecule has 0 saturated carbocycles. The van der Waals surface area contributed by atoms with E-state index in [-0.39, 0.29) is 5.91 Å². The number of methoxy groups -OCH3 is 1. The molecular weight excluding hydrogens is 214 g/mol. The zero-order valence-electron chi connectivity index (χ0n) is 9.51. The molecule has 3 nitrogen and oxygen atoms in total. The van der Waals surface area contributed by atoms with Crippen molar-refractivity contribution < 1.29 is 9.53 Å². The van der Waals surface area contributed by atoms with Crippen molar-refractivity contribution in [3.05, 3.63) is 60.2 Å². The number of allylic oxidation sites excluding steroid dienone is 4. The lowest BCUT2D eigenvalue weighted by Crippen LogP contribution is -2.20. The monoisotopic (exact) mass is 227 g/mol. The van der Waals surface area contributed by atoms with Gasteiger partial charge in [0, 0.05) is 11.6 Å². The number of hydrogen-bond acceptors (Lipinski definition) is 2. The molecule has 0 radical (unpaired) electrons. The largest absolute Gasteiger partial charge is 0.496 e. The highest BCUT2D eigenvalue weighted by atomic mass is 16.5. The number of benzene rings is 1. The highest BCUT2D eigenvalue weighted by Crippen LogP contribution is 2.24. The standard InChI is InChI=1S/C14H13NO2/c1-17-13-9-6-5-7-11(13)12-8-3-2-4-10-14(16)15-12/h2-10H,1H3,(H,15,16). The minimum absolute atomic E-state index is 0.147. The molecule has 17 heavy (non-hydrogen) atoms. The molecule has 0 bridgehead atoms. The molecule has 0 aliphatic carbocycles. The molecule has 2 rings (SSSR count). The SMILES string of the molecule is COc1ccccc1/C1=C/C=C\C=C/C(=O)N1. The second-order valence-corrected chi connectivity index (χ2v) is 3.51. The maximum atomic E-state index is 11.5. The summed E-state index contributed by atoms with van der Waals surface area (Å²) in [5.74, 6) is 0.587. The Balaban J connectivity index is 2.41. The summed E-state index contributed by atoms with van der Waals surface area (Å²) in [6.45, 7) is 0. The Morgan fingerprint density at radius 3 is 2.76 bits per heavy atom. The molecule has 0 unspecified atom stereocenters. The molecule has 0 atom stereocenters. The van der Waals surface area contributed by atoms with E-state index >= 15 is 0 Å². The number of carbonyl (C=O) groups excluding carboxylic acids is 1. The topological polar surface area (TPSA) is 38.3 Å². The van der Waals surface area contributed by atoms with Crippen molar-refractivity contribution in [2.45, 2.75) is 0 Å². The van der Waals surface area contributed by atoms with E-state index in [9.17, 15) is 4.79 Å². The summed E-state index contributed by atoms with van der Waals surface area (Å²) in [7, 11) is 1.61. The summed E-state index contributed by atoms with van der Waals surface area (Å²) in [6, 6.07) is 7.57. The number of carbonyl (C=O) groups is 1. The Bertz CT molecular complexity index is 513. The van der Waals surface area contributed by atoms with E-state index in [1.807, 2.05) is 42.5 Å². The van der Waals surface area contributed by atoms with Gasteiger partial charge in [-0.1, -0.05) is 30.4 Å². The minimum Gasteiger partial charge on any atom is -0.496 e. The van der Waals surface area contributed by atoms with Crippen molar-refractivity contribution in [2.75, 3.05) is 7.11 Å². The zero-order valence-corrected chi connectivity index (χ0v) is 9.51. The fraction of sp³-hybridized carbons (Fsp3) is 0.0714. The lowest BCUT2D eigenvalue weighted by atomic mass is 10.1. The molecule has 0 saturated heterocycles. The van der Waals surface area contributed by atoms with Crippen molar-refractivity contribution in [1.82, 2.24) is 5.32 Å². The third-order valence-corrected chi connectivity index (χ3v) is 2.39. The Hall–Kier alpha value is -2.29. The van der Waals surface area contributed by atoms with Gasteiger partial charge in [-0.3, -0.25) is 4.79 Å².